The van der Waals surface area contributed by atoms with Gasteiger partial charge in [-0.25, -0.2) is 8.78 Å². The predicted molar refractivity (Wildman–Crippen MR) is 83.7 cm³/mol. The van der Waals surface area contributed by atoms with Crippen molar-refractivity contribution in [3.63, 3.8) is 0 Å². The van der Waals surface area contributed by atoms with Crippen LogP contribution >= 0.6 is 31.9 Å². The van der Waals surface area contributed by atoms with Crippen LogP contribution in [0.5, 0.6) is 0 Å². The third-order valence-electron chi connectivity index (χ3n) is 3.15. The molecule has 106 valence electrons. The Hall–Kier alpha value is -0.780. The van der Waals surface area contributed by atoms with Gasteiger partial charge < -0.3 is 5.32 Å². The molecule has 0 aliphatic rings. The zero-order valence-corrected chi connectivity index (χ0v) is 13.9. The molecule has 2 aromatic carbocycles. The number of rotatable bonds is 4. The Morgan fingerprint density at radius 2 is 1.70 bits per heavy atom. The molecule has 0 fully saturated rings. The Balaban J connectivity index is 2.37. The minimum Gasteiger partial charge on any atom is -0.313 e. The van der Waals surface area contributed by atoms with Crippen LogP contribution in [0.25, 0.3) is 0 Å². The van der Waals surface area contributed by atoms with Gasteiger partial charge in [0.25, 0.3) is 0 Å². The van der Waals surface area contributed by atoms with E-state index in [4.69, 9.17) is 0 Å². The van der Waals surface area contributed by atoms with E-state index >= 15 is 0 Å². The van der Waals surface area contributed by atoms with Crippen molar-refractivity contribution in [3.05, 3.63) is 68.1 Å². The lowest BCUT2D eigenvalue weighted by atomic mass is 9.98. The summed E-state index contributed by atoms with van der Waals surface area (Å²) in [6.45, 7) is 0. The molecule has 20 heavy (non-hydrogen) atoms. The second-order valence-electron chi connectivity index (χ2n) is 4.39. The van der Waals surface area contributed by atoms with E-state index in [1.54, 1.807) is 25.2 Å². The summed E-state index contributed by atoms with van der Waals surface area (Å²) in [4.78, 5) is 0. The molecule has 0 saturated heterocycles. The predicted octanol–water partition coefficient (Wildman–Crippen LogP) is 4.99. The molecule has 1 atom stereocenters. The van der Waals surface area contributed by atoms with E-state index in [1.165, 1.54) is 12.1 Å². The van der Waals surface area contributed by atoms with Gasteiger partial charge in [-0.15, -0.1) is 0 Å². The fourth-order valence-electron chi connectivity index (χ4n) is 2.12. The van der Waals surface area contributed by atoms with Crippen LogP contribution in [0.3, 0.4) is 0 Å². The quantitative estimate of drug-likeness (QED) is 0.756. The summed E-state index contributed by atoms with van der Waals surface area (Å²) in [6, 6.07) is 9.48. The van der Waals surface area contributed by atoms with Crippen LogP contribution in [0.4, 0.5) is 8.78 Å². The molecule has 1 N–H and O–H groups in total. The zero-order chi connectivity index (χ0) is 14.7. The van der Waals surface area contributed by atoms with E-state index in [0.29, 0.717) is 20.9 Å². The van der Waals surface area contributed by atoms with Gasteiger partial charge in [-0.1, -0.05) is 34.1 Å². The lowest BCUT2D eigenvalue weighted by Gasteiger charge is -2.19. The Kier molecular flexibility index (Phi) is 5.29. The maximum atomic E-state index is 14.0. The van der Waals surface area contributed by atoms with Crippen molar-refractivity contribution in [1.29, 1.82) is 0 Å². The molecule has 0 aliphatic carbocycles. The molecular formula is C15H13Br2F2N. The molecule has 0 saturated carbocycles. The third kappa shape index (κ3) is 3.27. The fraction of sp³-hybridized carbons (Fsp3) is 0.200. The molecule has 0 bridgehead atoms. The maximum absolute atomic E-state index is 14.0. The monoisotopic (exact) mass is 403 g/mol. The highest BCUT2D eigenvalue weighted by Gasteiger charge is 2.19. The summed E-state index contributed by atoms with van der Waals surface area (Å²) in [5, 5.41) is 3.08. The second-order valence-corrected chi connectivity index (χ2v) is 6.04. The number of likely N-dealkylation sites (N-methyl/N-ethyl adjacent to an activating group) is 1. The molecule has 0 heterocycles. The zero-order valence-electron chi connectivity index (χ0n) is 10.8. The first-order valence-corrected chi connectivity index (χ1v) is 7.67. The lowest BCUT2D eigenvalue weighted by Crippen LogP contribution is -2.21. The minimum absolute atomic E-state index is 0.247. The van der Waals surface area contributed by atoms with Gasteiger partial charge in [0.1, 0.15) is 11.6 Å². The van der Waals surface area contributed by atoms with Crippen molar-refractivity contribution in [2.75, 3.05) is 7.05 Å². The van der Waals surface area contributed by atoms with Gasteiger partial charge in [-0.3, -0.25) is 0 Å². The number of hydrogen-bond acceptors (Lipinski definition) is 1. The van der Waals surface area contributed by atoms with Crippen molar-refractivity contribution in [2.45, 2.75) is 12.5 Å². The molecule has 1 nitrogen and oxygen atoms in total. The standard InChI is InChI=1S/C15H13Br2F2N/c1-20-13(14-10(16)5-3-6-11(14)18)8-9-4-2-7-12(19)15(9)17/h2-7,13,20H,8H2,1H3. The summed E-state index contributed by atoms with van der Waals surface area (Å²) in [6.07, 6.45) is 0.481. The van der Waals surface area contributed by atoms with E-state index in [2.05, 4.69) is 37.2 Å². The number of benzene rings is 2. The molecule has 0 aliphatic heterocycles. The molecule has 0 amide bonds. The molecule has 1 unspecified atom stereocenters. The van der Waals surface area contributed by atoms with E-state index < -0.39 is 0 Å². The summed E-state index contributed by atoms with van der Waals surface area (Å²) in [5.41, 5.74) is 1.34. The minimum atomic E-state index is -0.315. The fourth-order valence-corrected chi connectivity index (χ4v) is 3.16. The van der Waals surface area contributed by atoms with Gasteiger partial charge in [0, 0.05) is 16.1 Å². The average Bonchev–Trinajstić information content (AvgIpc) is 2.42. The summed E-state index contributed by atoms with van der Waals surface area (Å²) in [5.74, 6) is -0.601. The van der Waals surface area contributed by atoms with Crippen molar-refractivity contribution in [1.82, 2.24) is 5.32 Å². The first-order valence-electron chi connectivity index (χ1n) is 6.08. The Morgan fingerprint density at radius 1 is 1.05 bits per heavy atom. The van der Waals surface area contributed by atoms with Crippen LogP contribution in [-0.4, -0.2) is 7.05 Å². The lowest BCUT2D eigenvalue weighted by molar-refractivity contribution is 0.528. The van der Waals surface area contributed by atoms with Crippen molar-refractivity contribution < 1.29 is 8.78 Å². The van der Waals surface area contributed by atoms with E-state index in [0.717, 1.165) is 5.56 Å². The highest BCUT2D eigenvalue weighted by Crippen LogP contribution is 2.31. The molecular weight excluding hydrogens is 392 g/mol. The molecule has 0 spiro atoms. The van der Waals surface area contributed by atoms with Crippen LogP contribution in [0, 0.1) is 11.6 Å². The topological polar surface area (TPSA) is 12.0 Å². The van der Waals surface area contributed by atoms with Crippen LogP contribution in [0.2, 0.25) is 0 Å². The smallest absolute Gasteiger partial charge is 0.137 e. The van der Waals surface area contributed by atoms with Crippen LogP contribution in [-0.2, 0) is 6.42 Å². The number of halogens is 4. The Labute approximate surface area is 133 Å². The highest BCUT2D eigenvalue weighted by molar-refractivity contribution is 9.10. The molecule has 2 aromatic rings. The normalized spacial score (nSPS) is 12.4. The summed E-state index contributed by atoms with van der Waals surface area (Å²) >= 11 is 6.61. The molecule has 2 rings (SSSR count). The third-order valence-corrected chi connectivity index (χ3v) is 4.73. The van der Waals surface area contributed by atoms with Crippen LogP contribution in [0.1, 0.15) is 17.2 Å². The second kappa shape index (κ2) is 6.78. The van der Waals surface area contributed by atoms with Crippen molar-refractivity contribution >= 4 is 31.9 Å². The SMILES string of the molecule is CNC(Cc1cccc(F)c1Br)c1c(F)cccc1Br. The summed E-state index contributed by atoms with van der Waals surface area (Å²) in [7, 11) is 1.76. The van der Waals surface area contributed by atoms with Crippen molar-refractivity contribution in [2.24, 2.45) is 0 Å². The number of nitrogens with one attached hydrogen (secondary N) is 1. The van der Waals surface area contributed by atoms with Gasteiger partial charge in [0.15, 0.2) is 0 Å². The van der Waals surface area contributed by atoms with Gasteiger partial charge >= 0.3 is 0 Å². The molecule has 0 radical (unpaired) electrons. The van der Waals surface area contributed by atoms with Gasteiger partial charge in [0.2, 0.25) is 0 Å². The highest BCUT2D eigenvalue weighted by atomic mass is 79.9. The first-order chi connectivity index (χ1) is 9.54. The van der Waals surface area contributed by atoms with Gasteiger partial charge in [-0.2, -0.15) is 0 Å². The largest absolute Gasteiger partial charge is 0.313 e. The molecule has 5 heteroatoms. The van der Waals surface area contributed by atoms with E-state index in [-0.39, 0.29) is 17.7 Å². The summed E-state index contributed by atoms with van der Waals surface area (Å²) < 4.78 is 28.7. The Morgan fingerprint density at radius 3 is 2.35 bits per heavy atom. The van der Waals surface area contributed by atoms with Gasteiger partial charge in [-0.05, 0) is 53.2 Å². The van der Waals surface area contributed by atoms with E-state index in [9.17, 15) is 8.78 Å². The first kappa shape index (κ1) is 15.6. The maximum Gasteiger partial charge on any atom is 0.137 e. The van der Waals surface area contributed by atoms with Gasteiger partial charge in [0.05, 0.1) is 4.47 Å². The molecule has 0 aromatic heterocycles. The average molecular weight is 405 g/mol. The number of hydrogen-bond donors (Lipinski definition) is 1. The van der Waals surface area contributed by atoms with Crippen molar-refractivity contribution in [3.8, 4) is 0 Å². The van der Waals surface area contributed by atoms with E-state index in [1.807, 2.05) is 6.07 Å². The van der Waals surface area contributed by atoms with Crippen LogP contribution in [0.15, 0.2) is 45.3 Å². The van der Waals surface area contributed by atoms with Crippen LogP contribution < -0.4 is 5.32 Å². The Bertz CT molecular complexity index is 597.